The molecule has 2 aromatic rings. The van der Waals surface area contributed by atoms with Gasteiger partial charge in [0.05, 0.1) is 18.6 Å². The lowest BCUT2D eigenvalue weighted by molar-refractivity contribution is 0.240. The third-order valence-electron chi connectivity index (χ3n) is 3.03. The highest BCUT2D eigenvalue weighted by Gasteiger charge is 2.08. The van der Waals surface area contributed by atoms with E-state index >= 15 is 0 Å². The fourth-order valence-electron chi connectivity index (χ4n) is 1.90. The first-order valence-electron chi connectivity index (χ1n) is 6.13. The van der Waals surface area contributed by atoms with Gasteiger partial charge < -0.3 is 15.0 Å². The van der Waals surface area contributed by atoms with Crippen molar-refractivity contribution in [1.29, 1.82) is 0 Å². The van der Waals surface area contributed by atoms with E-state index in [0.717, 1.165) is 12.1 Å². The van der Waals surface area contributed by atoms with Gasteiger partial charge in [0.1, 0.15) is 0 Å². The molecule has 0 aliphatic rings. The molecule has 18 heavy (non-hydrogen) atoms. The topological polar surface area (TPSA) is 50.1 Å². The van der Waals surface area contributed by atoms with Crippen molar-refractivity contribution < 1.29 is 5.11 Å². The second-order valence-electron chi connectivity index (χ2n) is 4.45. The third-order valence-corrected chi connectivity index (χ3v) is 3.03. The van der Waals surface area contributed by atoms with Crippen LogP contribution in [0.2, 0.25) is 0 Å². The maximum absolute atomic E-state index is 9.40. The van der Waals surface area contributed by atoms with E-state index in [-0.39, 0.29) is 12.6 Å². The average Bonchev–Trinajstić information content (AvgIpc) is 2.81. The van der Waals surface area contributed by atoms with E-state index in [9.17, 15) is 5.11 Å². The molecule has 0 radical (unpaired) electrons. The highest BCUT2D eigenvalue weighted by atomic mass is 16.3. The fourth-order valence-corrected chi connectivity index (χ4v) is 1.90. The Balaban J connectivity index is 1.88. The summed E-state index contributed by atoms with van der Waals surface area (Å²) in [6.45, 7) is 0.849. The summed E-state index contributed by atoms with van der Waals surface area (Å²) in [7, 11) is 1.97. The van der Waals surface area contributed by atoms with Crippen molar-refractivity contribution in [3.8, 4) is 0 Å². The molecular formula is C14H19N3O. The van der Waals surface area contributed by atoms with Gasteiger partial charge in [-0.1, -0.05) is 30.3 Å². The lowest BCUT2D eigenvalue weighted by Crippen LogP contribution is -2.34. The zero-order valence-electron chi connectivity index (χ0n) is 10.6. The van der Waals surface area contributed by atoms with E-state index in [1.54, 1.807) is 6.33 Å². The smallest absolute Gasteiger partial charge is 0.0945 e. The minimum Gasteiger partial charge on any atom is -0.395 e. The molecule has 1 unspecified atom stereocenters. The summed E-state index contributed by atoms with van der Waals surface area (Å²) in [5, 5.41) is 12.8. The number of aromatic nitrogens is 2. The summed E-state index contributed by atoms with van der Waals surface area (Å²) in [6, 6.07) is 10.3. The number of imidazole rings is 1. The van der Waals surface area contributed by atoms with Crippen LogP contribution in [0.1, 0.15) is 11.3 Å². The molecule has 2 N–H and O–H groups in total. The lowest BCUT2D eigenvalue weighted by atomic mass is 10.1. The second kappa shape index (κ2) is 6.33. The van der Waals surface area contributed by atoms with Crippen molar-refractivity contribution in [2.75, 3.05) is 6.61 Å². The van der Waals surface area contributed by atoms with E-state index in [4.69, 9.17) is 0 Å². The lowest BCUT2D eigenvalue weighted by Gasteiger charge is -2.16. The van der Waals surface area contributed by atoms with E-state index in [1.807, 2.05) is 36.0 Å². The minimum atomic E-state index is 0.0716. The van der Waals surface area contributed by atoms with Gasteiger partial charge in [0.25, 0.3) is 0 Å². The number of nitrogens with zero attached hydrogens (tertiary/aromatic N) is 2. The molecule has 1 atom stereocenters. The number of aliphatic hydroxyl groups is 1. The van der Waals surface area contributed by atoms with Gasteiger partial charge in [-0.25, -0.2) is 4.98 Å². The van der Waals surface area contributed by atoms with Crippen LogP contribution in [0.15, 0.2) is 42.9 Å². The normalized spacial score (nSPS) is 12.6. The molecule has 0 saturated carbocycles. The predicted octanol–water partition coefficient (Wildman–Crippen LogP) is 1.11. The molecule has 1 heterocycles. The molecule has 0 fully saturated rings. The molecule has 96 valence electrons. The fraction of sp³-hybridized carbons (Fsp3) is 0.357. The molecule has 4 nitrogen and oxygen atoms in total. The number of hydrogen-bond acceptors (Lipinski definition) is 3. The molecule has 0 aliphatic heterocycles. The highest BCUT2D eigenvalue weighted by Crippen LogP contribution is 2.04. The molecule has 2 rings (SSSR count). The Morgan fingerprint density at radius 3 is 2.72 bits per heavy atom. The van der Waals surface area contributed by atoms with E-state index in [0.29, 0.717) is 6.54 Å². The molecule has 1 aromatic carbocycles. The number of nitrogens with one attached hydrogen (secondary N) is 1. The van der Waals surface area contributed by atoms with Crippen molar-refractivity contribution >= 4 is 0 Å². The van der Waals surface area contributed by atoms with Crippen molar-refractivity contribution in [1.82, 2.24) is 14.9 Å². The Bertz CT molecular complexity index is 467. The van der Waals surface area contributed by atoms with Crippen molar-refractivity contribution in [3.63, 3.8) is 0 Å². The molecule has 0 amide bonds. The van der Waals surface area contributed by atoms with Gasteiger partial charge in [-0.2, -0.15) is 0 Å². The summed E-state index contributed by atoms with van der Waals surface area (Å²) in [5.41, 5.74) is 2.34. The van der Waals surface area contributed by atoms with E-state index in [2.05, 4.69) is 22.4 Å². The minimum absolute atomic E-state index is 0.0716. The van der Waals surface area contributed by atoms with Gasteiger partial charge in [0.15, 0.2) is 0 Å². The molecule has 4 heteroatoms. The summed E-state index contributed by atoms with van der Waals surface area (Å²) in [4.78, 5) is 4.07. The number of aryl methyl sites for hydroxylation is 1. The van der Waals surface area contributed by atoms with E-state index in [1.165, 1.54) is 5.56 Å². The number of aliphatic hydroxyl groups excluding tert-OH is 1. The molecule has 0 spiro atoms. The number of rotatable bonds is 6. The largest absolute Gasteiger partial charge is 0.395 e. The molecule has 0 bridgehead atoms. The van der Waals surface area contributed by atoms with Crippen LogP contribution in [0.25, 0.3) is 0 Å². The maximum Gasteiger partial charge on any atom is 0.0945 e. The quantitative estimate of drug-likeness (QED) is 0.801. The van der Waals surface area contributed by atoms with Crippen molar-refractivity contribution in [3.05, 3.63) is 54.1 Å². The molecule has 0 aliphatic carbocycles. The Morgan fingerprint density at radius 1 is 1.33 bits per heavy atom. The van der Waals surface area contributed by atoms with E-state index < -0.39 is 0 Å². The Kier molecular flexibility index (Phi) is 4.50. The van der Waals surface area contributed by atoms with Gasteiger partial charge >= 0.3 is 0 Å². The van der Waals surface area contributed by atoms with Gasteiger partial charge in [-0.3, -0.25) is 0 Å². The number of hydrogen-bond donors (Lipinski definition) is 2. The van der Waals surface area contributed by atoms with Gasteiger partial charge in [-0.05, 0) is 12.0 Å². The standard InChI is InChI=1S/C14H19N3O/c1-17-11-15-8-14(17)9-16-13(10-18)7-12-5-3-2-4-6-12/h2-6,8,11,13,16,18H,7,9-10H2,1H3. The van der Waals surface area contributed by atoms with Crippen molar-refractivity contribution in [2.45, 2.75) is 19.0 Å². The van der Waals surface area contributed by atoms with Crippen LogP contribution in [0.5, 0.6) is 0 Å². The molecular weight excluding hydrogens is 226 g/mol. The van der Waals surface area contributed by atoms with Crippen LogP contribution in [0.3, 0.4) is 0 Å². The zero-order valence-corrected chi connectivity index (χ0v) is 10.6. The Morgan fingerprint density at radius 2 is 2.11 bits per heavy atom. The number of benzene rings is 1. The maximum atomic E-state index is 9.40. The van der Waals surface area contributed by atoms with Crippen LogP contribution in [-0.4, -0.2) is 27.3 Å². The van der Waals surface area contributed by atoms with Crippen LogP contribution in [0, 0.1) is 0 Å². The van der Waals surface area contributed by atoms with Crippen LogP contribution >= 0.6 is 0 Å². The van der Waals surface area contributed by atoms with Gasteiger partial charge in [-0.15, -0.1) is 0 Å². The second-order valence-corrected chi connectivity index (χ2v) is 4.45. The van der Waals surface area contributed by atoms with Gasteiger partial charge in [0, 0.05) is 25.8 Å². The van der Waals surface area contributed by atoms with Crippen LogP contribution < -0.4 is 5.32 Å². The first kappa shape index (κ1) is 12.8. The third kappa shape index (κ3) is 3.42. The van der Waals surface area contributed by atoms with Crippen LogP contribution in [0.4, 0.5) is 0 Å². The Hall–Kier alpha value is -1.65. The van der Waals surface area contributed by atoms with Crippen LogP contribution in [-0.2, 0) is 20.0 Å². The summed E-state index contributed by atoms with van der Waals surface area (Å²) < 4.78 is 1.98. The zero-order chi connectivity index (χ0) is 12.8. The highest BCUT2D eigenvalue weighted by molar-refractivity contribution is 5.16. The summed E-state index contributed by atoms with van der Waals surface area (Å²) in [5.74, 6) is 0. The van der Waals surface area contributed by atoms with Gasteiger partial charge in [0.2, 0.25) is 0 Å². The SMILES string of the molecule is Cn1cncc1CNC(CO)Cc1ccccc1. The average molecular weight is 245 g/mol. The first-order valence-corrected chi connectivity index (χ1v) is 6.13. The molecule has 1 aromatic heterocycles. The summed E-state index contributed by atoms with van der Waals surface area (Å²) >= 11 is 0. The summed E-state index contributed by atoms with van der Waals surface area (Å²) in [6.07, 6.45) is 4.45. The molecule has 0 saturated heterocycles. The Labute approximate surface area is 107 Å². The predicted molar refractivity (Wildman–Crippen MR) is 71.1 cm³/mol. The first-order chi connectivity index (χ1) is 8.79. The monoisotopic (exact) mass is 245 g/mol. The van der Waals surface area contributed by atoms with Crippen molar-refractivity contribution in [2.24, 2.45) is 7.05 Å².